The second-order valence-corrected chi connectivity index (χ2v) is 25.5. The van der Waals surface area contributed by atoms with Crippen molar-refractivity contribution in [2.45, 2.75) is 119 Å². The summed E-state index contributed by atoms with van der Waals surface area (Å²) in [6.07, 6.45) is 6.05. The Morgan fingerprint density at radius 1 is 0.762 bits per heavy atom. The lowest BCUT2D eigenvalue weighted by Crippen LogP contribution is -2.50. The van der Waals surface area contributed by atoms with Crippen molar-refractivity contribution in [1.82, 2.24) is 19.2 Å². The van der Waals surface area contributed by atoms with E-state index in [1.54, 1.807) is 16.4 Å². The zero-order chi connectivity index (χ0) is 57.5. The molecule has 1 amide bonds. The normalized spacial score (nSPS) is 20.4. The van der Waals surface area contributed by atoms with Crippen LogP contribution in [0, 0.1) is 25.7 Å². The molecule has 0 bridgehead atoms. The molecule has 1 fully saturated rings. The molecule has 16 heteroatoms. The summed E-state index contributed by atoms with van der Waals surface area (Å²) < 4.78 is 54.5. The van der Waals surface area contributed by atoms with Crippen LogP contribution in [-0.4, -0.2) is 91.4 Å². The fourth-order valence-corrected chi connectivity index (χ4v) is 16.7. The monoisotopic (exact) mass is 1140 g/mol. The van der Waals surface area contributed by atoms with E-state index in [0.717, 1.165) is 139 Å². The van der Waals surface area contributed by atoms with Gasteiger partial charge in [0.25, 0.3) is 5.56 Å². The molecule has 6 aromatic carbocycles. The molecule has 14 rings (SSSR count). The van der Waals surface area contributed by atoms with Gasteiger partial charge in [-0.05, 0) is 111 Å². The summed E-state index contributed by atoms with van der Waals surface area (Å²) >= 11 is 0. The van der Waals surface area contributed by atoms with E-state index < -0.39 is 50.8 Å². The predicted octanol–water partition coefficient (Wildman–Crippen LogP) is 8.56. The number of aromatic nitrogens is 2. The SMILES string of the molecule is Cc1ccc(C(OC[C@H]2O[C@@H](n3cc(C#CCCC(=O)NCCN4C5(c6ccccc6S4(=O)=O)c4cc6c7c(c4Oc4c5cc5c8c4CCCN8CCC5)CCCN7CCC6)c(=O)[nH]c3=O)CC2O)(c2ccccc2)c2ccc(C)cc2)cc1. The minimum absolute atomic E-state index is 0.0120. The first-order valence-corrected chi connectivity index (χ1v) is 31.3. The predicted molar refractivity (Wildman–Crippen MR) is 320 cm³/mol. The highest BCUT2D eigenvalue weighted by atomic mass is 32.2. The molecule has 1 spiro atoms. The van der Waals surface area contributed by atoms with Crippen LogP contribution in [0.15, 0.2) is 136 Å². The highest BCUT2D eigenvalue weighted by Crippen LogP contribution is 2.64. The topological polar surface area (TPSA) is 176 Å². The summed E-state index contributed by atoms with van der Waals surface area (Å²) in [6, 6.07) is 38.2. The molecule has 15 nitrogen and oxygen atoms in total. The number of H-pyrrole nitrogens is 1. The van der Waals surface area contributed by atoms with Crippen LogP contribution in [0.25, 0.3) is 0 Å². The first-order valence-electron chi connectivity index (χ1n) is 29.8. The number of nitrogens with one attached hydrogen (secondary N) is 2. The lowest BCUT2D eigenvalue weighted by molar-refractivity contribution is -0.121. The van der Waals surface area contributed by atoms with Gasteiger partial charge in [0.1, 0.15) is 40.5 Å². The number of aliphatic hydroxyl groups excluding tert-OH is 1. The van der Waals surface area contributed by atoms with Gasteiger partial charge in [-0.2, -0.15) is 4.31 Å². The largest absolute Gasteiger partial charge is 0.456 e. The molecule has 3 atom stereocenters. The van der Waals surface area contributed by atoms with Gasteiger partial charge in [-0.15, -0.1) is 0 Å². The minimum atomic E-state index is -4.13. The van der Waals surface area contributed by atoms with E-state index in [2.05, 4.69) is 44.1 Å². The third kappa shape index (κ3) is 8.84. The second-order valence-electron chi connectivity index (χ2n) is 23.6. The molecule has 8 heterocycles. The number of aliphatic hydroxyl groups is 1. The Kier molecular flexibility index (Phi) is 13.8. The van der Waals surface area contributed by atoms with E-state index in [1.165, 1.54) is 33.3 Å². The number of anilines is 2. The molecule has 7 aliphatic heterocycles. The van der Waals surface area contributed by atoms with Gasteiger partial charge in [0.15, 0.2) is 0 Å². The van der Waals surface area contributed by atoms with Crippen molar-refractivity contribution in [2.24, 2.45) is 0 Å². The number of carbonyl (C=O) groups excluding carboxylic acids is 1. The van der Waals surface area contributed by atoms with Crippen LogP contribution in [0.1, 0.15) is 123 Å². The van der Waals surface area contributed by atoms with Crippen molar-refractivity contribution in [1.29, 1.82) is 0 Å². The van der Waals surface area contributed by atoms with E-state index >= 15 is 8.42 Å². The molecule has 430 valence electrons. The Balaban J connectivity index is 0.703. The molecule has 0 aliphatic carbocycles. The van der Waals surface area contributed by atoms with Crippen molar-refractivity contribution >= 4 is 27.3 Å². The number of benzene rings is 6. The quantitative estimate of drug-likeness (QED) is 0.0790. The summed E-state index contributed by atoms with van der Waals surface area (Å²) in [4.78, 5) is 48.0. The Labute approximate surface area is 489 Å². The lowest BCUT2D eigenvalue weighted by Gasteiger charge is -2.48. The van der Waals surface area contributed by atoms with Crippen molar-refractivity contribution in [2.75, 3.05) is 55.7 Å². The summed E-state index contributed by atoms with van der Waals surface area (Å²) in [5, 5.41) is 14.5. The first kappa shape index (κ1) is 54.2. The van der Waals surface area contributed by atoms with Crippen molar-refractivity contribution < 1.29 is 32.5 Å². The third-order valence-corrected chi connectivity index (χ3v) is 20.5. The van der Waals surface area contributed by atoms with Crippen molar-refractivity contribution in [3.63, 3.8) is 0 Å². The standard InChI is InChI=1S/C68H68N6O9S/c1-43-24-28-49(29-25-43)68(48-17-4-3-5-18-48,50-30-26-44(2)27-31-50)81-42-57-56(75)40-60(82-57)73-41-47(65(77)70-66(73)78)14-6-9-23-59(76)69-32-37-74-67(53-21-7-8-22-58(53)84(74,79)80)54-38-45-15-10-33-71-35-12-19-51(61(45)71)63(54)83-64-52-20-13-36-72-34-11-16-46(62(52)72)39-55(64)67/h3-5,7-8,17-18,21-22,24-31,38-39,41,56-57,60,75H,9-13,15-16,19-20,23,32-37,40,42H2,1-2H3,(H,69,76)(H,70,77,78)/t56?,57-,60-/m1/s1. The maximum atomic E-state index is 15.4. The summed E-state index contributed by atoms with van der Waals surface area (Å²) in [5.74, 6) is 7.02. The van der Waals surface area contributed by atoms with Gasteiger partial charge in [-0.3, -0.25) is 19.1 Å². The Morgan fingerprint density at radius 3 is 1.95 bits per heavy atom. The first-order chi connectivity index (χ1) is 40.8. The summed E-state index contributed by atoms with van der Waals surface area (Å²) in [6.45, 7) is 7.97. The van der Waals surface area contributed by atoms with Crippen LogP contribution in [-0.2, 0) is 61.1 Å². The number of aromatic amines is 1. The fourth-order valence-electron chi connectivity index (χ4n) is 14.7. The molecule has 7 aliphatic rings. The number of ether oxygens (including phenoxy) is 3. The maximum absolute atomic E-state index is 15.4. The van der Waals surface area contributed by atoms with Gasteiger partial charge < -0.3 is 34.4 Å². The summed E-state index contributed by atoms with van der Waals surface area (Å²) in [5.41, 5.74) is 10.8. The van der Waals surface area contributed by atoms with Gasteiger partial charge in [0.05, 0.1) is 17.6 Å². The van der Waals surface area contributed by atoms with Crippen LogP contribution in [0.3, 0.4) is 0 Å². The van der Waals surface area contributed by atoms with Crippen LogP contribution < -0.4 is 31.1 Å². The van der Waals surface area contributed by atoms with E-state index in [1.807, 2.05) is 105 Å². The van der Waals surface area contributed by atoms with Crippen LogP contribution >= 0.6 is 0 Å². The average molecular weight is 1150 g/mol. The van der Waals surface area contributed by atoms with Crippen LogP contribution in [0.2, 0.25) is 0 Å². The number of fused-ring (bicyclic) bond motifs is 8. The maximum Gasteiger partial charge on any atom is 0.330 e. The fraction of sp³-hybridized carbons (Fsp3) is 0.368. The number of nitrogens with zero attached hydrogens (tertiary/aromatic N) is 4. The molecular formula is C68H68N6O9S. The van der Waals surface area contributed by atoms with Gasteiger partial charge in [-0.1, -0.05) is 120 Å². The van der Waals surface area contributed by atoms with Crippen LogP contribution in [0.4, 0.5) is 11.4 Å². The summed E-state index contributed by atoms with van der Waals surface area (Å²) in [7, 11) is -4.13. The van der Waals surface area contributed by atoms with Gasteiger partial charge in [0.2, 0.25) is 15.9 Å². The highest BCUT2D eigenvalue weighted by molar-refractivity contribution is 7.89. The van der Waals surface area contributed by atoms with Crippen molar-refractivity contribution in [3.05, 3.63) is 215 Å². The molecular weight excluding hydrogens is 1080 g/mol. The van der Waals surface area contributed by atoms with Crippen LogP contribution in [0.5, 0.6) is 11.5 Å². The molecule has 0 radical (unpaired) electrons. The number of amides is 1. The molecule has 1 aromatic heterocycles. The number of carbonyl (C=O) groups is 1. The third-order valence-electron chi connectivity index (χ3n) is 18.5. The zero-order valence-corrected chi connectivity index (χ0v) is 48.2. The Hall–Kier alpha value is -7.78. The Bertz CT molecular complexity index is 3940. The zero-order valence-electron chi connectivity index (χ0n) is 47.4. The lowest BCUT2D eigenvalue weighted by atomic mass is 9.70. The molecule has 84 heavy (non-hydrogen) atoms. The molecule has 1 unspecified atom stereocenters. The number of rotatable bonds is 12. The molecule has 0 saturated carbocycles. The number of hydrogen-bond donors (Lipinski definition) is 3. The van der Waals surface area contributed by atoms with Gasteiger partial charge in [0, 0.05) is 104 Å². The van der Waals surface area contributed by atoms with E-state index in [9.17, 15) is 19.5 Å². The number of sulfonamides is 1. The van der Waals surface area contributed by atoms with E-state index in [4.69, 9.17) is 14.2 Å². The van der Waals surface area contributed by atoms with E-state index in [0.29, 0.717) is 5.56 Å². The minimum Gasteiger partial charge on any atom is -0.456 e. The van der Waals surface area contributed by atoms with Crippen molar-refractivity contribution in [3.8, 4) is 23.3 Å². The van der Waals surface area contributed by atoms with Gasteiger partial charge in [-0.25, -0.2) is 13.2 Å². The molecule has 7 aromatic rings. The molecule has 1 saturated heterocycles. The molecule has 3 N–H and O–H groups in total. The Morgan fingerprint density at radius 2 is 1.33 bits per heavy atom. The average Bonchev–Trinajstić information content (AvgIpc) is 1.41. The number of aryl methyl sites for hydroxylation is 4. The van der Waals surface area contributed by atoms with E-state index in [-0.39, 0.29) is 55.3 Å². The highest BCUT2D eigenvalue weighted by Gasteiger charge is 2.61. The second kappa shape index (κ2) is 21.4. The van der Waals surface area contributed by atoms with Gasteiger partial charge >= 0.3 is 5.69 Å². The number of hydrogen-bond acceptors (Lipinski definition) is 11. The smallest absolute Gasteiger partial charge is 0.330 e.